The first-order valence-electron chi connectivity index (χ1n) is 10.1. The van der Waals surface area contributed by atoms with Gasteiger partial charge in [-0.15, -0.1) is 0 Å². The summed E-state index contributed by atoms with van der Waals surface area (Å²) < 4.78 is 17.0. The van der Waals surface area contributed by atoms with Crippen molar-refractivity contribution in [2.75, 3.05) is 13.2 Å². The molecule has 1 heterocycles. The second-order valence-corrected chi connectivity index (χ2v) is 7.25. The van der Waals surface area contributed by atoms with Gasteiger partial charge >= 0.3 is 5.97 Å². The minimum absolute atomic E-state index is 0.242. The van der Waals surface area contributed by atoms with Crippen LogP contribution in [-0.2, 0) is 9.53 Å². The fourth-order valence-corrected chi connectivity index (χ4v) is 3.12. The van der Waals surface area contributed by atoms with E-state index in [0.717, 1.165) is 28.0 Å². The normalized spacial score (nSPS) is 14.3. The number of hydrogen-bond donors (Lipinski definition) is 0. The summed E-state index contributed by atoms with van der Waals surface area (Å²) in [6.45, 7) is 4.77. The second kappa shape index (κ2) is 9.30. The molecule has 0 fully saturated rings. The summed E-state index contributed by atoms with van der Waals surface area (Å²) >= 11 is 0. The number of para-hydroxylation sites is 1. The maximum Gasteiger partial charge on any atom is 0.363 e. The smallest absolute Gasteiger partial charge is 0.363 e. The number of carbonyl (C=O) groups excluding carboxylic acids is 1. The van der Waals surface area contributed by atoms with Crippen LogP contribution < -0.4 is 9.47 Å². The molecule has 5 nitrogen and oxygen atoms in total. The van der Waals surface area contributed by atoms with E-state index in [1.807, 2.05) is 86.6 Å². The SMILES string of the molecule is Cc1ccc(C2=NC(=Cc3cc(C)ccc3OCCOc3ccccc3)C(=O)O2)cc1. The van der Waals surface area contributed by atoms with Crippen LogP contribution in [0.15, 0.2) is 83.5 Å². The number of carbonyl (C=O) groups is 1. The third-order valence-electron chi connectivity index (χ3n) is 4.73. The molecule has 0 bridgehead atoms. The van der Waals surface area contributed by atoms with Gasteiger partial charge in [0.2, 0.25) is 5.90 Å². The Hall–Kier alpha value is -3.86. The third kappa shape index (κ3) is 5.20. The van der Waals surface area contributed by atoms with Crippen LogP contribution in [0.2, 0.25) is 0 Å². The summed E-state index contributed by atoms with van der Waals surface area (Å²) in [6, 6.07) is 23.1. The van der Waals surface area contributed by atoms with Gasteiger partial charge in [-0.1, -0.05) is 47.5 Å². The fourth-order valence-electron chi connectivity index (χ4n) is 3.12. The highest BCUT2D eigenvalue weighted by Gasteiger charge is 2.24. The average Bonchev–Trinajstić information content (AvgIpc) is 3.14. The van der Waals surface area contributed by atoms with Gasteiger partial charge in [0, 0.05) is 11.1 Å². The van der Waals surface area contributed by atoms with E-state index in [9.17, 15) is 4.79 Å². The second-order valence-electron chi connectivity index (χ2n) is 7.25. The summed E-state index contributed by atoms with van der Waals surface area (Å²) in [4.78, 5) is 16.8. The van der Waals surface area contributed by atoms with Gasteiger partial charge < -0.3 is 14.2 Å². The molecule has 0 N–H and O–H groups in total. The topological polar surface area (TPSA) is 57.1 Å². The Labute approximate surface area is 181 Å². The molecule has 0 aromatic heterocycles. The Morgan fingerprint density at radius 3 is 2.35 bits per heavy atom. The number of benzene rings is 3. The molecule has 1 aliphatic rings. The summed E-state index contributed by atoms with van der Waals surface area (Å²) in [5.41, 5.74) is 3.95. The van der Waals surface area contributed by atoms with Crippen molar-refractivity contribution in [3.05, 3.63) is 101 Å². The highest BCUT2D eigenvalue weighted by molar-refractivity contribution is 6.13. The number of nitrogens with zero attached hydrogens (tertiary/aromatic N) is 1. The lowest BCUT2D eigenvalue weighted by Gasteiger charge is -2.11. The molecule has 0 saturated carbocycles. The van der Waals surface area contributed by atoms with E-state index in [-0.39, 0.29) is 5.70 Å². The van der Waals surface area contributed by atoms with E-state index in [0.29, 0.717) is 24.9 Å². The van der Waals surface area contributed by atoms with E-state index in [2.05, 4.69) is 4.99 Å². The quantitative estimate of drug-likeness (QED) is 0.307. The molecule has 3 aromatic rings. The van der Waals surface area contributed by atoms with Crippen molar-refractivity contribution in [3.63, 3.8) is 0 Å². The van der Waals surface area contributed by atoms with Crippen molar-refractivity contribution in [2.45, 2.75) is 13.8 Å². The molecule has 0 atom stereocenters. The molecule has 3 aromatic carbocycles. The lowest BCUT2D eigenvalue weighted by Crippen LogP contribution is -2.09. The molecular weight excluding hydrogens is 390 g/mol. The van der Waals surface area contributed by atoms with Crippen molar-refractivity contribution >= 4 is 17.9 Å². The molecule has 0 radical (unpaired) electrons. The zero-order valence-electron chi connectivity index (χ0n) is 17.5. The Balaban J connectivity index is 1.49. The maximum atomic E-state index is 12.4. The van der Waals surface area contributed by atoms with Crippen LogP contribution in [0.25, 0.3) is 6.08 Å². The van der Waals surface area contributed by atoms with Crippen LogP contribution >= 0.6 is 0 Å². The fraction of sp³-hybridized carbons (Fsp3) is 0.154. The van der Waals surface area contributed by atoms with Gasteiger partial charge in [0.25, 0.3) is 0 Å². The lowest BCUT2D eigenvalue weighted by molar-refractivity contribution is -0.129. The lowest BCUT2D eigenvalue weighted by atomic mass is 10.1. The van der Waals surface area contributed by atoms with Gasteiger partial charge in [-0.05, 0) is 56.3 Å². The Bertz CT molecular complexity index is 1130. The minimum Gasteiger partial charge on any atom is -0.490 e. The molecule has 0 saturated heterocycles. The molecule has 156 valence electrons. The number of aryl methyl sites for hydroxylation is 2. The van der Waals surface area contributed by atoms with Crippen LogP contribution in [0.4, 0.5) is 0 Å². The molecular formula is C26H23NO4. The van der Waals surface area contributed by atoms with Gasteiger partial charge in [0.15, 0.2) is 5.70 Å². The number of ether oxygens (including phenoxy) is 3. The van der Waals surface area contributed by atoms with E-state index in [4.69, 9.17) is 14.2 Å². The molecule has 5 heteroatoms. The molecule has 0 unspecified atom stereocenters. The van der Waals surface area contributed by atoms with Crippen LogP contribution in [0.3, 0.4) is 0 Å². The summed E-state index contributed by atoms with van der Waals surface area (Å²) in [7, 11) is 0. The van der Waals surface area contributed by atoms with Crippen molar-refractivity contribution in [3.8, 4) is 11.5 Å². The van der Waals surface area contributed by atoms with Gasteiger partial charge in [0.05, 0.1) is 0 Å². The van der Waals surface area contributed by atoms with Crippen LogP contribution in [0, 0.1) is 13.8 Å². The third-order valence-corrected chi connectivity index (χ3v) is 4.73. The summed E-state index contributed by atoms with van der Waals surface area (Å²) in [5, 5.41) is 0. The Morgan fingerprint density at radius 2 is 1.58 bits per heavy atom. The molecule has 31 heavy (non-hydrogen) atoms. The minimum atomic E-state index is -0.476. The molecule has 4 rings (SSSR count). The zero-order valence-corrected chi connectivity index (χ0v) is 17.5. The first-order valence-corrected chi connectivity index (χ1v) is 10.1. The maximum absolute atomic E-state index is 12.4. The summed E-state index contributed by atoms with van der Waals surface area (Å²) in [5.74, 6) is 1.28. The predicted molar refractivity (Wildman–Crippen MR) is 120 cm³/mol. The van der Waals surface area contributed by atoms with E-state index < -0.39 is 5.97 Å². The van der Waals surface area contributed by atoms with E-state index >= 15 is 0 Å². The first-order chi connectivity index (χ1) is 15.1. The van der Waals surface area contributed by atoms with Gasteiger partial charge in [-0.25, -0.2) is 9.79 Å². The largest absolute Gasteiger partial charge is 0.490 e. The van der Waals surface area contributed by atoms with Crippen molar-refractivity contribution in [1.82, 2.24) is 0 Å². The van der Waals surface area contributed by atoms with Crippen LogP contribution in [0.5, 0.6) is 11.5 Å². The van der Waals surface area contributed by atoms with Crippen molar-refractivity contribution in [2.24, 2.45) is 4.99 Å². The molecule has 1 aliphatic heterocycles. The predicted octanol–water partition coefficient (Wildman–Crippen LogP) is 5.11. The number of hydrogen-bond acceptors (Lipinski definition) is 5. The van der Waals surface area contributed by atoms with Crippen LogP contribution in [-0.4, -0.2) is 25.1 Å². The number of esters is 1. The van der Waals surface area contributed by atoms with Crippen molar-refractivity contribution < 1.29 is 19.0 Å². The monoisotopic (exact) mass is 413 g/mol. The molecule has 0 spiro atoms. The highest BCUT2D eigenvalue weighted by Crippen LogP contribution is 2.26. The Kier molecular flexibility index (Phi) is 6.13. The van der Waals surface area contributed by atoms with Gasteiger partial charge in [-0.3, -0.25) is 0 Å². The summed E-state index contributed by atoms with van der Waals surface area (Å²) in [6.07, 6.45) is 1.70. The molecule has 0 amide bonds. The highest BCUT2D eigenvalue weighted by atomic mass is 16.6. The van der Waals surface area contributed by atoms with Gasteiger partial charge in [-0.2, -0.15) is 0 Å². The number of cyclic esters (lactones) is 1. The van der Waals surface area contributed by atoms with Crippen LogP contribution in [0.1, 0.15) is 22.3 Å². The average molecular weight is 413 g/mol. The number of rotatable bonds is 7. The Morgan fingerprint density at radius 1 is 0.871 bits per heavy atom. The standard InChI is InChI=1S/C26H23NO4/c1-18-8-11-20(12-9-18)25-27-23(26(28)31-25)17-21-16-19(2)10-13-24(21)30-15-14-29-22-6-4-3-5-7-22/h3-13,16-17H,14-15H2,1-2H3. The first kappa shape index (κ1) is 20.4. The number of aliphatic imine (C=N–C) groups is 1. The van der Waals surface area contributed by atoms with Gasteiger partial charge in [0.1, 0.15) is 24.7 Å². The van der Waals surface area contributed by atoms with E-state index in [1.54, 1.807) is 6.08 Å². The molecule has 0 aliphatic carbocycles. The zero-order chi connectivity index (χ0) is 21.6. The van der Waals surface area contributed by atoms with E-state index in [1.165, 1.54) is 0 Å². The van der Waals surface area contributed by atoms with Crippen molar-refractivity contribution in [1.29, 1.82) is 0 Å².